The summed E-state index contributed by atoms with van der Waals surface area (Å²) >= 11 is 0. The molecule has 9 aliphatic rings. The lowest BCUT2D eigenvalue weighted by Gasteiger charge is -2.31. The van der Waals surface area contributed by atoms with E-state index in [9.17, 15) is 36.7 Å². The fourth-order valence-electron chi connectivity index (χ4n) is 18.1. The molecule has 1 aromatic heterocycles. The number of carbonyl (C=O) groups excluding carboxylic acids is 4. The Bertz CT molecular complexity index is 5050. The van der Waals surface area contributed by atoms with E-state index in [2.05, 4.69) is 204 Å². The third-order valence-electron chi connectivity index (χ3n) is 25.3. The number of hydrogen-bond donors (Lipinski definition) is 0. The first-order chi connectivity index (χ1) is 62.0. The molecule has 1 fully saturated rings. The van der Waals surface area contributed by atoms with Gasteiger partial charge in [0, 0.05) is 122 Å². The molecule has 3 heterocycles. The lowest BCUT2D eigenvalue weighted by atomic mass is 9.83. The van der Waals surface area contributed by atoms with Crippen LogP contribution in [0.3, 0.4) is 0 Å². The van der Waals surface area contributed by atoms with Crippen molar-refractivity contribution in [3.05, 3.63) is 153 Å². The summed E-state index contributed by atoms with van der Waals surface area (Å²) < 4.78 is 67.7. The van der Waals surface area contributed by atoms with Crippen LogP contribution >= 0.6 is 0 Å². The second-order valence-corrected chi connectivity index (χ2v) is 41.3. The van der Waals surface area contributed by atoms with E-state index in [0.717, 1.165) is 158 Å². The smallest absolute Gasteiger partial charge is 0.355 e. The van der Waals surface area contributed by atoms with Gasteiger partial charge in [-0.05, 0) is 272 Å². The van der Waals surface area contributed by atoms with E-state index >= 15 is 0 Å². The number of alkyl halides is 4. The number of ether oxygens (including phenoxy) is 2. The maximum absolute atomic E-state index is 14.1. The fourth-order valence-corrected chi connectivity index (χ4v) is 18.1. The van der Waals surface area contributed by atoms with Crippen LogP contribution < -0.4 is 9.80 Å². The Balaban J connectivity index is 0.000000209. The summed E-state index contributed by atoms with van der Waals surface area (Å²) in [6.45, 7) is 47.3. The van der Waals surface area contributed by atoms with Gasteiger partial charge in [0.1, 0.15) is 22.6 Å². The zero-order valence-electron chi connectivity index (χ0n) is 83.9. The summed E-state index contributed by atoms with van der Waals surface area (Å²) in [5.74, 6) is 50.2. The summed E-state index contributed by atoms with van der Waals surface area (Å²) in [5, 5.41) is 0. The average molecular weight is 1790 g/mol. The second kappa shape index (κ2) is 52.0. The second-order valence-electron chi connectivity index (χ2n) is 41.3. The van der Waals surface area contributed by atoms with Gasteiger partial charge in [-0.25, -0.2) is 18.4 Å². The van der Waals surface area contributed by atoms with Gasteiger partial charge in [-0.3, -0.25) is 9.59 Å². The van der Waals surface area contributed by atoms with Gasteiger partial charge in [0.05, 0.1) is 17.9 Å². The third-order valence-corrected chi connectivity index (χ3v) is 25.3. The van der Waals surface area contributed by atoms with Crippen LogP contribution in [0.5, 0.6) is 0 Å². The van der Waals surface area contributed by atoms with Crippen molar-refractivity contribution in [1.82, 2.24) is 4.57 Å². The van der Waals surface area contributed by atoms with Gasteiger partial charge in [0.25, 0.3) is 0 Å². The van der Waals surface area contributed by atoms with Crippen LogP contribution in [0.4, 0.5) is 28.9 Å². The highest BCUT2D eigenvalue weighted by molar-refractivity contribution is 5.98. The summed E-state index contributed by atoms with van der Waals surface area (Å²) in [6.07, 6.45) is 24.6. The lowest BCUT2D eigenvalue weighted by molar-refractivity contribution is -0.130. The van der Waals surface area contributed by atoms with E-state index in [0.29, 0.717) is 86.7 Å². The van der Waals surface area contributed by atoms with Gasteiger partial charge in [-0.2, -0.15) is 8.78 Å². The van der Waals surface area contributed by atoms with Crippen molar-refractivity contribution >= 4 is 35.0 Å². The van der Waals surface area contributed by atoms with Gasteiger partial charge in [-0.15, -0.1) is 29.6 Å². The van der Waals surface area contributed by atoms with E-state index in [-0.39, 0.29) is 41.9 Å². The predicted molar refractivity (Wildman–Crippen MR) is 534 cm³/mol. The van der Waals surface area contributed by atoms with E-state index < -0.39 is 46.3 Å². The van der Waals surface area contributed by atoms with E-state index in [1.807, 2.05) is 137 Å². The number of hydrogen-bond acceptors (Lipinski definition) is 7. The number of benzene rings is 4. The van der Waals surface area contributed by atoms with Crippen LogP contribution in [0.15, 0.2) is 97.1 Å². The molecule has 0 radical (unpaired) electrons. The maximum atomic E-state index is 14.1. The first-order valence-electron chi connectivity index (χ1n) is 49.3. The molecule has 7 aliphatic carbocycles. The maximum Gasteiger partial charge on any atom is 0.355 e. The van der Waals surface area contributed by atoms with Crippen molar-refractivity contribution in [2.75, 3.05) is 9.80 Å². The standard InChI is InChI=1S/C23H33NO4.C19H17NO.C18H17N.C12H17FO.C12H19F.C12H18.C11H16F2.C11H18/c1-15(2)24-18(20(25)27-22(3,4)5)16-13-11-9-10-12-14-17(16)19(24)21(26)28-23(6,7)8;1-14(2)19(21)20-13-17-9-4-3-7-15(17)11-12-16-8-5-6-10-18(16)20;1-14(2)19-13-17-9-4-3-7-15(17)11-12-16-8-5-6-10-18(16)19;1-10(2)11(14)12(13)8-6-4-3-5-7-9-12;1-10(2)11-6-4-5-8-12(3,13)9-7-11;1-9(2)12-10-7-5-3-4-6-8-11(10)12;1-9(2)10-7-5-3-4-6-8-11(10,12)13;1-10(2)11-8-6-4-3-5-7-9-11/h15H,11-14H2,1-8H3;3-10,14H,13H2,1-2H3;3-10,14H,13H2,1-2H3;10H,3-6,8H2,1-2H3;10-11H,4,6-7,9H2,1-3H3;9-12H,5-8H2,1-2H3;9-10H,3-5,7H2,1-2H3;10-11H,3-6,8H2,1-2H3. The Kier molecular flexibility index (Phi) is 43.0. The molecule has 4 aromatic carbocycles. The minimum Gasteiger partial charge on any atom is -0.455 e. The number of para-hydroxylation sites is 2. The molecular weight excluding hydrogens is 1630 g/mol. The highest BCUT2D eigenvalue weighted by atomic mass is 19.3. The monoisotopic (exact) mass is 1790 g/mol. The Morgan fingerprint density at radius 2 is 0.878 bits per heavy atom. The highest BCUT2D eigenvalue weighted by Crippen LogP contribution is 2.56. The van der Waals surface area contributed by atoms with Crippen LogP contribution in [0.1, 0.15) is 385 Å². The minimum atomic E-state index is -2.77. The lowest BCUT2D eigenvalue weighted by Crippen LogP contribution is -2.36. The molecule has 5 aromatic rings. The number of amides is 1. The van der Waals surface area contributed by atoms with Crippen LogP contribution in [-0.2, 0) is 45.0 Å². The number of aromatic nitrogens is 1. The van der Waals surface area contributed by atoms with Crippen LogP contribution in [0.2, 0.25) is 0 Å². The quantitative estimate of drug-likeness (QED) is 0.0738. The number of anilines is 2. The summed E-state index contributed by atoms with van der Waals surface area (Å²) in [4.78, 5) is 54.8. The molecule has 2 aliphatic heterocycles. The third kappa shape index (κ3) is 34.7. The number of ketones is 1. The van der Waals surface area contributed by atoms with Gasteiger partial charge in [0.15, 0.2) is 11.5 Å². The first kappa shape index (κ1) is 108. The van der Waals surface area contributed by atoms with E-state index in [4.69, 9.17) is 9.47 Å². The zero-order chi connectivity index (χ0) is 96.4. The van der Waals surface area contributed by atoms with Crippen molar-refractivity contribution in [1.29, 1.82) is 0 Å². The summed E-state index contributed by atoms with van der Waals surface area (Å²) in [5.41, 5.74) is 7.01. The summed E-state index contributed by atoms with van der Waals surface area (Å²) in [6, 6.07) is 33.1. The molecule has 7 unspecified atom stereocenters. The van der Waals surface area contributed by atoms with E-state index in [1.165, 1.54) is 49.8 Å². The molecular formula is C118H155F4N3O6. The molecule has 0 saturated heterocycles. The largest absolute Gasteiger partial charge is 0.455 e. The Morgan fingerprint density at radius 3 is 1.38 bits per heavy atom. The molecule has 1 saturated carbocycles. The number of halogens is 4. The van der Waals surface area contributed by atoms with Gasteiger partial charge < -0.3 is 23.8 Å². The fraction of sp³-hybridized carbons (Fsp3) is 0.593. The topological polar surface area (TPSA) is 98.2 Å². The van der Waals surface area contributed by atoms with Crippen LogP contribution in [-0.4, -0.2) is 62.7 Å². The number of nitrogens with zero attached hydrogens (tertiary/aromatic N) is 3. The van der Waals surface area contributed by atoms with Crippen LogP contribution in [0.25, 0.3) is 0 Å². The van der Waals surface area contributed by atoms with Crippen molar-refractivity contribution in [2.45, 2.75) is 380 Å². The molecule has 9 nitrogen and oxygen atoms in total. The zero-order valence-corrected chi connectivity index (χ0v) is 83.9. The SMILES string of the molecule is CC(C)C(=O)C1(F)C#CCCCCC1.CC(C)C(=O)N1Cc2ccccc2C#Cc2ccccc21.CC(C)C1C#CCCCCC1.CC(C)C1C2CCC#CCCC21.CC(C)C1CCC#CC(C)(F)CC1.CC(C)C1CCCCC#CC1(F)F.CC(C)N1Cc2ccccc2C#Cc2ccccc21.CC(C)n1c(C(=O)OC(C)(C)C)c2c(c1C(=O)OC(C)(C)C)CCC#CCC2. The van der Waals surface area contributed by atoms with Crippen molar-refractivity contribution in [2.24, 2.45) is 71.0 Å². The Morgan fingerprint density at radius 1 is 0.420 bits per heavy atom. The minimum absolute atomic E-state index is 0.0161. The molecule has 0 spiro atoms. The molecule has 14 rings (SSSR count). The molecule has 0 N–H and O–H groups in total. The first-order valence-corrected chi connectivity index (χ1v) is 49.3. The Hall–Kier alpha value is -9.76. The van der Waals surface area contributed by atoms with Gasteiger partial charge in [0.2, 0.25) is 11.6 Å². The van der Waals surface area contributed by atoms with E-state index in [1.54, 1.807) is 25.3 Å². The molecule has 1 amide bonds. The van der Waals surface area contributed by atoms with Gasteiger partial charge in [-0.1, -0.05) is 229 Å². The van der Waals surface area contributed by atoms with Crippen molar-refractivity contribution in [3.8, 4) is 94.7 Å². The molecule has 131 heavy (non-hydrogen) atoms. The average Bonchev–Trinajstić information content (AvgIpc) is 1.61. The highest BCUT2D eigenvalue weighted by Gasteiger charge is 2.50. The molecule has 706 valence electrons. The Labute approximate surface area is 789 Å². The molecule has 7 atom stereocenters. The summed E-state index contributed by atoms with van der Waals surface area (Å²) in [7, 11) is 0. The van der Waals surface area contributed by atoms with Crippen LogP contribution in [0, 0.1) is 166 Å². The molecule has 13 heteroatoms. The number of esters is 2. The number of fused-ring (bicyclic) bond motifs is 6. The van der Waals surface area contributed by atoms with Crippen molar-refractivity contribution < 1.29 is 46.2 Å². The number of rotatable bonds is 11. The molecule has 0 bridgehead atoms. The normalized spacial score (nSPS) is 21.8. The van der Waals surface area contributed by atoms with Gasteiger partial charge >= 0.3 is 17.9 Å². The predicted octanol–water partition coefficient (Wildman–Crippen LogP) is 28.5. The number of carbonyl (C=O) groups is 4. The number of Topliss-reactive ketones (excluding diaryl/α,β-unsaturated/α-hetero) is 1. The van der Waals surface area contributed by atoms with Crippen molar-refractivity contribution in [3.63, 3.8) is 0 Å².